The monoisotopic (exact) mass is 268 g/mol. The highest BCUT2D eigenvalue weighted by Gasteiger charge is 2.40. The summed E-state index contributed by atoms with van der Waals surface area (Å²) < 4.78 is 39.1. The maximum absolute atomic E-state index is 11.7. The minimum atomic E-state index is -4.98. The van der Waals surface area contributed by atoms with Gasteiger partial charge in [0.2, 0.25) is 0 Å². The van der Waals surface area contributed by atoms with Gasteiger partial charge in [-0.15, -0.1) is 0 Å². The largest absolute Gasteiger partial charge is 0.490 e. The first-order chi connectivity index (χ1) is 8.38. The number of carbonyl (C=O) groups is 2. The molecule has 0 aliphatic rings. The van der Waals surface area contributed by atoms with Crippen molar-refractivity contribution in [2.75, 3.05) is 6.61 Å². The van der Waals surface area contributed by atoms with Crippen LogP contribution in [-0.4, -0.2) is 24.5 Å². The minimum Gasteiger partial charge on any atom is -0.459 e. The summed E-state index contributed by atoms with van der Waals surface area (Å²) in [4.78, 5) is 21.6. The van der Waals surface area contributed by atoms with E-state index in [1.807, 2.05) is 0 Å². The van der Waals surface area contributed by atoms with Gasteiger partial charge in [-0.25, -0.2) is 4.79 Å². The lowest BCUT2D eigenvalue weighted by atomic mass is 10.1. The fourth-order valence-corrected chi connectivity index (χ4v) is 1.39. The number of unbranched alkanes of at least 4 members (excludes halogenated alkanes) is 4. The van der Waals surface area contributed by atoms with Crippen LogP contribution in [0.2, 0.25) is 0 Å². The molecule has 0 amide bonds. The summed E-state index contributed by atoms with van der Waals surface area (Å²) in [6, 6.07) is 0. The van der Waals surface area contributed by atoms with Crippen molar-refractivity contribution in [1.29, 1.82) is 0 Å². The molecule has 18 heavy (non-hydrogen) atoms. The maximum Gasteiger partial charge on any atom is 0.490 e. The molecule has 0 fully saturated rings. The minimum absolute atomic E-state index is 0.143. The lowest BCUT2D eigenvalue weighted by Crippen LogP contribution is -2.26. The third-order valence-electron chi connectivity index (χ3n) is 2.40. The third-order valence-corrected chi connectivity index (χ3v) is 2.40. The number of alkyl halides is 3. The molecule has 0 N–H and O–H groups in total. The number of hydrogen-bond donors (Lipinski definition) is 0. The van der Waals surface area contributed by atoms with E-state index in [0.29, 0.717) is 6.42 Å². The van der Waals surface area contributed by atoms with Gasteiger partial charge in [-0.05, 0) is 6.42 Å². The first-order valence-corrected chi connectivity index (χ1v) is 6.13. The van der Waals surface area contributed by atoms with E-state index < -0.39 is 18.8 Å². The van der Waals surface area contributed by atoms with Crippen LogP contribution in [0.1, 0.15) is 51.9 Å². The second-order valence-corrected chi connectivity index (χ2v) is 4.09. The van der Waals surface area contributed by atoms with E-state index in [1.165, 1.54) is 0 Å². The van der Waals surface area contributed by atoms with Crippen LogP contribution in [0.4, 0.5) is 13.2 Å². The Hall–Kier alpha value is -1.07. The fraction of sp³-hybridized carbons (Fsp3) is 0.833. The van der Waals surface area contributed by atoms with E-state index in [2.05, 4.69) is 11.7 Å². The van der Waals surface area contributed by atoms with Crippen LogP contribution >= 0.6 is 0 Å². The van der Waals surface area contributed by atoms with Crippen LogP contribution in [0.15, 0.2) is 0 Å². The average Bonchev–Trinajstić information content (AvgIpc) is 2.27. The molecule has 0 unspecified atom stereocenters. The van der Waals surface area contributed by atoms with Crippen LogP contribution in [-0.2, 0) is 14.3 Å². The third kappa shape index (κ3) is 9.01. The molecule has 0 aromatic carbocycles. The predicted octanol–water partition coefficient (Wildman–Crippen LogP) is 3.41. The molecule has 0 aromatic heterocycles. The molecular weight excluding hydrogens is 249 g/mol. The summed E-state index contributed by atoms with van der Waals surface area (Å²) in [5.41, 5.74) is 0. The Balaban J connectivity index is 3.51. The van der Waals surface area contributed by atoms with E-state index in [9.17, 15) is 22.8 Å². The molecule has 0 aromatic rings. The molecule has 106 valence electrons. The summed E-state index contributed by atoms with van der Waals surface area (Å²) >= 11 is 0. The Morgan fingerprint density at radius 3 is 2.17 bits per heavy atom. The molecule has 0 saturated carbocycles. The van der Waals surface area contributed by atoms with Crippen molar-refractivity contribution in [1.82, 2.24) is 0 Å². The Bertz CT molecular complexity index is 262. The molecule has 0 aliphatic carbocycles. The molecule has 0 radical (unpaired) electrons. The van der Waals surface area contributed by atoms with Gasteiger partial charge in [0.25, 0.3) is 0 Å². The number of ketones is 1. The number of rotatable bonds is 9. The SMILES string of the molecule is CCCCCCCC(=O)CCOC(=O)C(F)(F)F. The Morgan fingerprint density at radius 2 is 1.61 bits per heavy atom. The topological polar surface area (TPSA) is 43.4 Å². The van der Waals surface area contributed by atoms with Gasteiger partial charge in [-0.3, -0.25) is 4.79 Å². The highest BCUT2D eigenvalue weighted by molar-refractivity contribution is 5.79. The number of esters is 1. The van der Waals surface area contributed by atoms with E-state index in [4.69, 9.17) is 0 Å². The summed E-state index contributed by atoms with van der Waals surface area (Å²) in [6.45, 7) is 1.59. The summed E-state index contributed by atoms with van der Waals surface area (Å²) in [5, 5.41) is 0. The van der Waals surface area contributed by atoms with Crippen molar-refractivity contribution >= 4 is 11.8 Å². The zero-order valence-corrected chi connectivity index (χ0v) is 10.5. The molecule has 0 heterocycles. The molecule has 6 heteroatoms. The molecular formula is C12H19F3O3. The quantitative estimate of drug-likeness (QED) is 0.475. The van der Waals surface area contributed by atoms with Crippen LogP contribution < -0.4 is 0 Å². The van der Waals surface area contributed by atoms with E-state index in [1.54, 1.807) is 0 Å². The highest BCUT2D eigenvalue weighted by atomic mass is 19.4. The second-order valence-electron chi connectivity index (χ2n) is 4.09. The van der Waals surface area contributed by atoms with Gasteiger partial charge in [0.05, 0.1) is 6.61 Å². The van der Waals surface area contributed by atoms with E-state index in [0.717, 1.165) is 32.1 Å². The Morgan fingerprint density at radius 1 is 1.00 bits per heavy atom. The van der Waals surface area contributed by atoms with Gasteiger partial charge in [-0.2, -0.15) is 13.2 Å². The normalized spacial score (nSPS) is 11.3. The maximum atomic E-state index is 11.7. The van der Waals surface area contributed by atoms with Gasteiger partial charge in [0.15, 0.2) is 0 Å². The van der Waals surface area contributed by atoms with Crippen molar-refractivity contribution < 1.29 is 27.5 Å². The molecule has 0 saturated heterocycles. The summed E-state index contributed by atoms with van der Waals surface area (Å²) in [6.07, 6.45) is 0.200. The van der Waals surface area contributed by atoms with Gasteiger partial charge in [0.1, 0.15) is 5.78 Å². The molecule has 0 spiro atoms. The average molecular weight is 268 g/mol. The zero-order chi connectivity index (χ0) is 14.0. The Kier molecular flexibility index (Phi) is 8.41. The van der Waals surface area contributed by atoms with Gasteiger partial charge < -0.3 is 4.74 Å². The van der Waals surface area contributed by atoms with Crippen LogP contribution in [0, 0.1) is 0 Å². The zero-order valence-electron chi connectivity index (χ0n) is 10.5. The second kappa shape index (κ2) is 8.94. The van der Waals surface area contributed by atoms with Gasteiger partial charge in [-0.1, -0.05) is 32.6 Å². The summed E-state index contributed by atoms with van der Waals surface area (Å²) in [7, 11) is 0. The highest BCUT2D eigenvalue weighted by Crippen LogP contribution is 2.16. The van der Waals surface area contributed by atoms with Crippen molar-refractivity contribution in [3.63, 3.8) is 0 Å². The van der Waals surface area contributed by atoms with Crippen molar-refractivity contribution in [3.8, 4) is 0 Å². The van der Waals surface area contributed by atoms with Crippen LogP contribution in [0.5, 0.6) is 0 Å². The number of halogens is 3. The number of carbonyl (C=O) groups excluding carboxylic acids is 2. The van der Waals surface area contributed by atoms with Gasteiger partial charge >= 0.3 is 12.1 Å². The smallest absolute Gasteiger partial charge is 0.459 e. The van der Waals surface area contributed by atoms with Crippen molar-refractivity contribution in [2.24, 2.45) is 0 Å². The van der Waals surface area contributed by atoms with Crippen molar-refractivity contribution in [3.05, 3.63) is 0 Å². The molecule has 3 nitrogen and oxygen atoms in total. The summed E-state index contributed by atoms with van der Waals surface area (Å²) in [5.74, 6) is -2.40. The first kappa shape index (κ1) is 16.9. The molecule has 0 rings (SSSR count). The standard InChI is InChI=1S/C12H19F3O3/c1-2-3-4-5-6-7-10(16)8-9-18-11(17)12(13,14)15/h2-9H2,1H3. The van der Waals surface area contributed by atoms with Gasteiger partial charge in [0, 0.05) is 12.8 Å². The van der Waals surface area contributed by atoms with Crippen molar-refractivity contribution in [2.45, 2.75) is 58.0 Å². The fourth-order valence-electron chi connectivity index (χ4n) is 1.39. The van der Waals surface area contributed by atoms with E-state index >= 15 is 0 Å². The lowest BCUT2D eigenvalue weighted by Gasteiger charge is -2.06. The number of Topliss-reactive ketones (excluding diaryl/α,β-unsaturated/α-hetero) is 1. The number of hydrogen-bond acceptors (Lipinski definition) is 3. The van der Waals surface area contributed by atoms with Crippen LogP contribution in [0.25, 0.3) is 0 Å². The van der Waals surface area contributed by atoms with E-state index in [-0.39, 0.29) is 12.2 Å². The first-order valence-electron chi connectivity index (χ1n) is 6.13. The lowest BCUT2D eigenvalue weighted by molar-refractivity contribution is -0.199. The molecule has 0 bridgehead atoms. The van der Waals surface area contributed by atoms with Crippen LogP contribution in [0.3, 0.4) is 0 Å². The predicted molar refractivity (Wildman–Crippen MR) is 60.0 cm³/mol. The molecule has 0 atom stereocenters. The Labute approximate surface area is 105 Å². The molecule has 0 aliphatic heterocycles. The number of ether oxygens (including phenoxy) is 1.